The summed E-state index contributed by atoms with van der Waals surface area (Å²) < 4.78 is 15.6. The number of rotatable bonds is 3. The average molecular weight is 362 g/mol. The fraction of sp³-hybridized carbons (Fsp3) is 0. The van der Waals surface area contributed by atoms with Gasteiger partial charge in [0.15, 0.2) is 0 Å². The van der Waals surface area contributed by atoms with E-state index in [9.17, 15) is 9.18 Å². The number of para-hydroxylation sites is 1. The van der Waals surface area contributed by atoms with Crippen molar-refractivity contribution in [1.29, 1.82) is 0 Å². The smallest absolute Gasteiger partial charge is 0.275 e. The van der Waals surface area contributed by atoms with Gasteiger partial charge in [0.05, 0.1) is 10.2 Å². The van der Waals surface area contributed by atoms with E-state index in [2.05, 4.69) is 36.2 Å². The summed E-state index contributed by atoms with van der Waals surface area (Å²) in [7, 11) is 0. The molecule has 1 N–H and O–H groups in total. The highest BCUT2D eigenvalue weighted by atomic mass is 79.9. The summed E-state index contributed by atoms with van der Waals surface area (Å²) >= 11 is 3.22. The van der Waals surface area contributed by atoms with Crippen LogP contribution in [-0.4, -0.2) is 25.4 Å². The van der Waals surface area contributed by atoms with Gasteiger partial charge in [-0.05, 0) is 28.1 Å². The second-order valence-corrected chi connectivity index (χ2v) is 5.12. The van der Waals surface area contributed by atoms with Crippen molar-refractivity contribution in [2.75, 3.05) is 5.32 Å². The third-order valence-electron chi connectivity index (χ3n) is 2.80. The molecule has 0 spiro atoms. The molecule has 6 nitrogen and oxygen atoms in total. The molecule has 0 saturated heterocycles. The maximum Gasteiger partial charge on any atom is 0.275 e. The van der Waals surface area contributed by atoms with Gasteiger partial charge in [-0.2, -0.15) is 0 Å². The standard InChI is InChI=1S/C14H9BrFN5O/c15-9-7-18-14(21-6-5-17-8-21)20-12(9)13(22)19-11-4-2-1-3-10(11)16/h1-8H,(H,19,22). The maximum absolute atomic E-state index is 13.6. The highest BCUT2D eigenvalue weighted by Gasteiger charge is 2.16. The number of hydrogen-bond acceptors (Lipinski definition) is 4. The second kappa shape index (κ2) is 6.02. The number of carbonyl (C=O) groups excluding carboxylic acids is 1. The fourth-order valence-corrected chi connectivity index (χ4v) is 2.13. The van der Waals surface area contributed by atoms with Crippen LogP contribution in [0.3, 0.4) is 0 Å². The van der Waals surface area contributed by atoms with Crippen LogP contribution in [0.15, 0.2) is 53.7 Å². The van der Waals surface area contributed by atoms with E-state index in [0.29, 0.717) is 10.4 Å². The van der Waals surface area contributed by atoms with Crippen molar-refractivity contribution in [3.63, 3.8) is 0 Å². The van der Waals surface area contributed by atoms with Crippen LogP contribution in [0.4, 0.5) is 10.1 Å². The molecule has 0 aliphatic heterocycles. The van der Waals surface area contributed by atoms with E-state index in [1.807, 2.05) is 0 Å². The summed E-state index contributed by atoms with van der Waals surface area (Å²) in [5, 5.41) is 2.48. The lowest BCUT2D eigenvalue weighted by molar-refractivity contribution is 0.102. The van der Waals surface area contributed by atoms with Crippen molar-refractivity contribution >= 4 is 27.5 Å². The number of carbonyl (C=O) groups is 1. The molecule has 3 aromatic rings. The summed E-state index contributed by atoms with van der Waals surface area (Å²) in [6, 6.07) is 5.91. The number of benzene rings is 1. The Morgan fingerprint density at radius 1 is 1.32 bits per heavy atom. The summed E-state index contributed by atoms with van der Waals surface area (Å²) in [6.45, 7) is 0. The van der Waals surface area contributed by atoms with Crippen LogP contribution >= 0.6 is 15.9 Å². The Balaban J connectivity index is 1.92. The molecule has 22 heavy (non-hydrogen) atoms. The Hall–Kier alpha value is -2.61. The molecular formula is C14H9BrFN5O. The minimum absolute atomic E-state index is 0.0854. The Bertz CT molecular complexity index is 822. The molecule has 0 aliphatic carbocycles. The molecule has 2 aromatic heterocycles. The number of nitrogens with zero attached hydrogens (tertiary/aromatic N) is 4. The van der Waals surface area contributed by atoms with Gasteiger partial charge in [-0.25, -0.2) is 19.3 Å². The molecule has 110 valence electrons. The first-order valence-corrected chi connectivity index (χ1v) is 7.01. The van der Waals surface area contributed by atoms with Crippen LogP contribution in [0.2, 0.25) is 0 Å². The van der Waals surface area contributed by atoms with E-state index in [-0.39, 0.29) is 11.4 Å². The number of aromatic nitrogens is 4. The fourth-order valence-electron chi connectivity index (χ4n) is 1.76. The van der Waals surface area contributed by atoms with Gasteiger partial charge in [0, 0.05) is 18.6 Å². The minimum atomic E-state index is -0.541. The first-order chi connectivity index (χ1) is 10.6. The monoisotopic (exact) mass is 361 g/mol. The van der Waals surface area contributed by atoms with Gasteiger partial charge >= 0.3 is 0 Å². The van der Waals surface area contributed by atoms with E-state index in [1.54, 1.807) is 29.1 Å². The maximum atomic E-state index is 13.6. The van der Waals surface area contributed by atoms with Crippen molar-refractivity contribution in [3.8, 4) is 5.95 Å². The molecule has 0 fully saturated rings. The second-order valence-electron chi connectivity index (χ2n) is 4.27. The molecule has 0 atom stereocenters. The van der Waals surface area contributed by atoms with E-state index >= 15 is 0 Å². The van der Waals surface area contributed by atoms with Gasteiger partial charge in [-0.15, -0.1) is 0 Å². The molecule has 0 unspecified atom stereocenters. The number of nitrogens with one attached hydrogen (secondary N) is 1. The largest absolute Gasteiger partial charge is 0.318 e. The van der Waals surface area contributed by atoms with E-state index in [4.69, 9.17) is 0 Å². The molecule has 0 radical (unpaired) electrons. The van der Waals surface area contributed by atoms with Crippen molar-refractivity contribution in [2.45, 2.75) is 0 Å². The Kier molecular flexibility index (Phi) is 3.92. The predicted molar refractivity (Wildman–Crippen MR) is 81.2 cm³/mol. The molecule has 1 aromatic carbocycles. The third-order valence-corrected chi connectivity index (χ3v) is 3.38. The molecule has 8 heteroatoms. The van der Waals surface area contributed by atoms with Gasteiger partial charge in [0.2, 0.25) is 5.95 Å². The number of imidazole rings is 1. The van der Waals surface area contributed by atoms with Crippen LogP contribution < -0.4 is 5.32 Å². The van der Waals surface area contributed by atoms with Crippen LogP contribution in [0, 0.1) is 5.82 Å². The topological polar surface area (TPSA) is 72.7 Å². The molecule has 0 saturated carbocycles. The zero-order valence-corrected chi connectivity index (χ0v) is 12.7. The zero-order chi connectivity index (χ0) is 15.5. The normalized spacial score (nSPS) is 10.5. The van der Waals surface area contributed by atoms with Gasteiger partial charge in [0.25, 0.3) is 5.91 Å². The molecule has 1 amide bonds. The zero-order valence-electron chi connectivity index (χ0n) is 11.1. The van der Waals surface area contributed by atoms with E-state index < -0.39 is 11.7 Å². The number of amides is 1. The highest BCUT2D eigenvalue weighted by molar-refractivity contribution is 9.10. The molecule has 2 heterocycles. The average Bonchev–Trinajstić information content (AvgIpc) is 3.04. The molecular weight excluding hydrogens is 353 g/mol. The predicted octanol–water partition coefficient (Wildman–Crippen LogP) is 2.82. The Morgan fingerprint density at radius 2 is 2.14 bits per heavy atom. The molecule has 0 aliphatic rings. The number of anilines is 1. The lowest BCUT2D eigenvalue weighted by Crippen LogP contribution is -2.17. The summed E-state index contributed by atoms with van der Waals surface area (Å²) in [5.74, 6) is -0.768. The Labute approximate surface area is 133 Å². The first kappa shape index (κ1) is 14.3. The van der Waals surface area contributed by atoms with Crippen LogP contribution in [0.5, 0.6) is 0 Å². The van der Waals surface area contributed by atoms with Crippen LogP contribution in [-0.2, 0) is 0 Å². The van der Waals surface area contributed by atoms with Gasteiger partial charge in [0.1, 0.15) is 17.8 Å². The van der Waals surface area contributed by atoms with Gasteiger partial charge < -0.3 is 5.32 Å². The lowest BCUT2D eigenvalue weighted by Gasteiger charge is -2.08. The number of halogens is 2. The first-order valence-electron chi connectivity index (χ1n) is 6.22. The van der Waals surface area contributed by atoms with E-state index in [1.165, 1.54) is 24.7 Å². The molecule has 3 rings (SSSR count). The summed E-state index contributed by atoms with van der Waals surface area (Å²) in [4.78, 5) is 24.5. The Morgan fingerprint density at radius 3 is 2.86 bits per heavy atom. The van der Waals surface area contributed by atoms with Gasteiger partial charge in [-0.3, -0.25) is 9.36 Å². The quantitative estimate of drug-likeness (QED) is 0.778. The third kappa shape index (κ3) is 2.86. The van der Waals surface area contributed by atoms with Crippen molar-refractivity contribution in [3.05, 3.63) is 65.2 Å². The minimum Gasteiger partial charge on any atom is -0.318 e. The highest BCUT2D eigenvalue weighted by Crippen LogP contribution is 2.18. The lowest BCUT2D eigenvalue weighted by atomic mass is 10.3. The number of hydrogen-bond donors (Lipinski definition) is 1. The van der Waals surface area contributed by atoms with E-state index in [0.717, 1.165) is 0 Å². The van der Waals surface area contributed by atoms with Crippen molar-refractivity contribution in [2.24, 2.45) is 0 Å². The van der Waals surface area contributed by atoms with Crippen LogP contribution in [0.1, 0.15) is 10.5 Å². The SMILES string of the molecule is O=C(Nc1ccccc1F)c1nc(-n2ccnc2)ncc1Br. The van der Waals surface area contributed by atoms with Crippen molar-refractivity contribution < 1.29 is 9.18 Å². The van der Waals surface area contributed by atoms with Crippen molar-refractivity contribution in [1.82, 2.24) is 19.5 Å². The summed E-state index contributed by atoms with van der Waals surface area (Å²) in [5.41, 5.74) is 0.184. The van der Waals surface area contributed by atoms with Crippen LogP contribution in [0.25, 0.3) is 5.95 Å². The van der Waals surface area contributed by atoms with Gasteiger partial charge in [-0.1, -0.05) is 12.1 Å². The summed E-state index contributed by atoms with van der Waals surface area (Å²) in [6.07, 6.45) is 6.20. The molecule has 0 bridgehead atoms.